The number of ether oxygens (including phenoxy) is 4. The summed E-state index contributed by atoms with van der Waals surface area (Å²) in [5.41, 5.74) is -0.207. The third-order valence-electron chi connectivity index (χ3n) is 2.89. The first-order chi connectivity index (χ1) is 9.23. The molecule has 0 amide bonds. The van der Waals surface area contributed by atoms with E-state index in [4.69, 9.17) is 18.9 Å². The van der Waals surface area contributed by atoms with Crippen LogP contribution in [0.15, 0.2) is 11.5 Å². The average molecular weight is 286 g/mol. The van der Waals surface area contributed by atoms with Gasteiger partial charge in [-0.05, 0) is 0 Å². The van der Waals surface area contributed by atoms with E-state index in [9.17, 15) is 0 Å². The predicted octanol–water partition coefficient (Wildman–Crippen LogP) is 3.37. The van der Waals surface area contributed by atoms with Gasteiger partial charge < -0.3 is 18.9 Å². The van der Waals surface area contributed by atoms with Crippen LogP contribution < -0.4 is 0 Å². The van der Waals surface area contributed by atoms with E-state index in [0.717, 1.165) is 11.5 Å². The highest BCUT2D eigenvalue weighted by Gasteiger charge is 2.31. The molecular weight excluding hydrogens is 256 g/mol. The molecule has 0 bridgehead atoms. The second-order valence-corrected chi connectivity index (χ2v) is 7.08. The van der Waals surface area contributed by atoms with Crippen LogP contribution >= 0.6 is 0 Å². The van der Waals surface area contributed by atoms with E-state index in [1.165, 1.54) is 0 Å². The lowest BCUT2D eigenvalue weighted by Gasteiger charge is -2.32. The van der Waals surface area contributed by atoms with Crippen LogP contribution in [0.1, 0.15) is 41.5 Å². The molecule has 0 unspecified atom stereocenters. The highest BCUT2D eigenvalue weighted by molar-refractivity contribution is 5.15. The van der Waals surface area contributed by atoms with Gasteiger partial charge in [0.25, 0.3) is 0 Å². The van der Waals surface area contributed by atoms with Gasteiger partial charge in [0, 0.05) is 10.8 Å². The summed E-state index contributed by atoms with van der Waals surface area (Å²) in [6, 6.07) is 0. The molecule has 0 radical (unpaired) electrons. The van der Waals surface area contributed by atoms with Gasteiger partial charge in [-0.3, -0.25) is 0 Å². The molecule has 0 fully saturated rings. The van der Waals surface area contributed by atoms with E-state index in [1.54, 1.807) is 0 Å². The number of hydrogen-bond donors (Lipinski definition) is 0. The molecule has 1 heterocycles. The Bertz CT molecular complexity index is 288. The molecule has 20 heavy (non-hydrogen) atoms. The Morgan fingerprint density at radius 1 is 0.550 bits per heavy atom. The molecule has 0 aromatic heterocycles. The summed E-state index contributed by atoms with van der Waals surface area (Å²) in [4.78, 5) is 0. The fourth-order valence-corrected chi connectivity index (χ4v) is 1.97. The fourth-order valence-electron chi connectivity index (χ4n) is 1.97. The molecule has 0 saturated carbocycles. The zero-order valence-electron chi connectivity index (χ0n) is 13.9. The monoisotopic (exact) mass is 286 g/mol. The third-order valence-corrected chi connectivity index (χ3v) is 2.89. The standard InChI is InChI=1S/C16H30O4/c1-15(2,3)13-14(16(4,5)6)20-12-10-18-8-7-17-9-11-19-13/h7-12H2,1-6H3/b14-13-. The van der Waals surface area contributed by atoms with Gasteiger partial charge in [-0.1, -0.05) is 41.5 Å². The first-order valence-electron chi connectivity index (χ1n) is 7.39. The van der Waals surface area contributed by atoms with E-state index in [2.05, 4.69) is 41.5 Å². The number of rotatable bonds is 0. The van der Waals surface area contributed by atoms with Crippen LogP contribution in [0.25, 0.3) is 0 Å². The van der Waals surface area contributed by atoms with Crippen molar-refractivity contribution >= 4 is 0 Å². The van der Waals surface area contributed by atoms with Crippen molar-refractivity contribution in [1.29, 1.82) is 0 Å². The van der Waals surface area contributed by atoms with Gasteiger partial charge in [0.1, 0.15) is 24.7 Å². The Morgan fingerprint density at radius 3 is 1.15 bits per heavy atom. The third kappa shape index (κ3) is 5.71. The summed E-state index contributed by atoms with van der Waals surface area (Å²) in [6.07, 6.45) is 0. The maximum atomic E-state index is 6.01. The molecule has 118 valence electrons. The molecule has 1 rings (SSSR count). The lowest BCUT2D eigenvalue weighted by atomic mass is 9.85. The highest BCUT2D eigenvalue weighted by atomic mass is 16.6. The van der Waals surface area contributed by atoms with Crippen LogP contribution in [-0.4, -0.2) is 39.6 Å². The van der Waals surface area contributed by atoms with E-state index < -0.39 is 0 Å². The van der Waals surface area contributed by atoms with E-state index in [-0.39, 0.29) is 10.8 Å². The van der Waals surface area contributed by atoms with Gasteiger partial charge in [0.15, 0.2) is 0 Å². The number of allylic oxidation sites excluding steroid dienone is 2. The lowest BCUT2D eigenvalue weighted by Crippen LogP contribution is -2.26. The van der Waals surface area contributed by atoms with Gasteiger partial charge >= 0.3 is 0 Å². The minimum Gasteiger partial charge on any atom is -0.491 e. The largest absolute Gasteiger partial charge is 0.491 e. The predicted molar refractivity (Wildman–Crippen MR) is 79.5 cm³/mol. The minimum absolute atomic E-state index is 0.104. The van der Waals surface area contributed by atoms with Crippen molar-refractivity contribution in [3.8, 4) is 0 Å². The molecule has 0 atom stereocenters. The Hall–Kier alpha value is -0.740. The van der Waals surface area contributed by atoms with Gasteiger partial charge in [0.05, 0.1) is 26.4 Å². The molecule has 1 aliphatic rings. The normalized spacial score (nSPS) is 24.1. The van der Waals surface area contributed by atoms with Gasteiger partial charge in [-0.25, -0.2) is 0 Å². The maximum Gasteiger partial charge on any atom is 0.139 e. The zero-order chi connectivity index (χ0) is 15.2. The van der Waals surface area contributed by atoms with Gasteiger partial charge in [-0.15, -0.1) is 0 Å². The number of hydrogen-bond acceptors (Lipinski definition) is 4. The second-order valence-electron chi connectivity index (χ2n) is 7.08. The van der Waals surface area contributed by atoms with Crippen LogP contribution in [-0.2, 0) is 18.9 Å². The Kier molecular flexibility index (Phi) is 6.34. The summed E-state index contributed by atoms with van der Waals surface area (Å²) in [5, 5.41) is 0. The summed E-state index contributed by atoms with van der Waals surface area (Å²) in [5.74, 6) is 1.82. The molecule has 0 aliphatic carbocycles. The Morgan fingerprint density at radius 2 is 0.850 bits per heavy atom. The molecule has 0 N–H and O–H groups in total. The van der Waals surface area contributed by atoms with E-state index in [0.29, 0.717) is 39.6 Å². The van der Waals surface area contributed by atoms with Crippen molar-refractivity contribution in [2.45, 2.75) is 41.5 Å². The van der Waals surface area contributed by atoms with Gasteiger partial charge in [-0.2, -0.15) is 0 Å². The quantitative estimate of drug-likeness (QED) is 0.684. The molecule has 4 nitrogen and oxygen atoms in total. The van der Waals surface area contributed by atoms with Crippen LogP contribution in [0.3, 0.4) is 0 Å². The maximum absolute atomic E-state index is 6.01. The molecule has 0 spiro atoms. The molecular formula is C16H30O4. The second kappa shape index (κ2) is 7.32. The highest BCUT2D eigenvalue weighted by Crippen LogP contribution is 2.37. The smallest absolute Gasteiger partial charge is 0.139 e. The molecule has 0 saturated heterocycles. The van der Waals surface area contributed by atoms with Crippen molar-refractivity contribution in [3.05, 3.63) is 11.5 Å². The summed E-state index contributed by atoms with van der Waals surface area (Å²) in [6.45, 7) is 16.3. The summed E-state index contributed by atoms with van der Waals surface area (Å²) < 4.78 is 23.0. The van der Waals surface area contributed by atoms with Crippen molar-refractivity contribution in [1.82, 2.24) is 0 Å². The van der Waals surface area contributed by atoms with Crippen molar-refractivity contribution in [3.63, 3.8) is 0 Å². The van der Waals surface area contributed by atoms with Crippen LogP contribution in [0, 0.1) is 10.8 Å². The van der Waals surface area contributed by atoms with E-state index in [1.807, 2.05) is 0 Å². The van der Waals surface area contributed by atoms with Crippen molar-refractivity contribution in [2.75, 3.05) is 39.6 Å². The molecule has 4 heteroatoms. The SMILES string of the molecule is CC(C)(C)/C1=C(\C(C)(C)C)OCCOCCOCCO1. The molecule has 1 aliphatic heterocycles. The van der Waals surface area contributed by atoms with E-state index >= 15 is 0 Å². The van der Waals surface area contributed by atoms with Crippen molar-refractivity contribution < 1.29 is 18.9 Å². The fraction of sp³-hybridized carbons (Fsp3) is 0.875. The van der Waals surface area contributed by atoms with Crippen LogP contribution in [0.2, 0.25) is 0 Å². The van der Waals surface area contributed by atoms with Crippen LogP contribution in [0.4, 0.5) is 0 Å². The van der Waals surface area contributed by atoms with Crippen LogP contribution in [0.5, 0.6) is 0 Å². The summed E-state index contributed by atoms with van der Waals surface area (Å²) in [7, 11) is 0. The zero-order valence-corrected chi connectivity index (χ0v) is 13.9. The molecule has 0 aromatic rings. The Balaban J connectivity index is 3.01. The average Bonchev–Trinajstić information content (AvgIpc) is 2.26. The summed E-state index contributed by atoms with van der Waals surface area (Å²) >= 11 is 0. The molecule has 0 aromatic carbocycles. The Labute approximate surface area is 123 Å². The van der Waals surface area contributed by atoms with Crippen molar-refractivity contribution in [2.24, 2.45) is 10.8 Å². The van der Waals surface area contributed by atoms with Gasteiger partial charge in [0.2, 0.25) is 0 Å². The minimum atomic E-state index is -0.104. The topological polar surface area (TPSA) is 36.9 Å². The lowest BCUT2D eigenvalue weighted by molar-refractivity contribution is -0.0139. The first-order valence-corrected chi connectivity index (χ1v) is 7.39. The first kappa shape index (κ1) is 17.3.